The van der Waals surface area contributed by atoms with Crippen molar-refractivity contribution >= 4 is 11.6 Å². The summed E-state index contributed by atoms with van der Waals surface area (Å²) in [5.74, 6) is -0.263. The highest BCUT2D eigenvalue weighted by atomic mass is 19.1. The van der Waals surface area contributed by atoms with E-state index in [9.17, 15) is 9.18 Å². The number of hydrogen-bond donors (Lipinski definition) is 0. The van der Waals surface area contributed by atoms with E-state index in [0.717, 1.165) is 66.6 Å². The number of nitrogens with zero attached hydrogens (tertiary/aromatic N) is 4. The molecule has 1 amide bonds. The molecule has 0 bridgehead atoms. The summed E-state index contributed by atoms with van der Waals surface area (Å²) in [5.41, 5.74) is 4.99. The Bertz CT molecular complexity index is 1090. The maximum absolute atomic E-state index is 13.5. The van der Waals surface area contributed by atoms with Crippen LogP contribution in [0.2, 0.25) is 0 Å². The third kappa shape index (κ3) is 6.93. The smallest absolute Gasteiger partial charge is 0.252 e. The summed E-state index contributed by atoms with van der Waals surface area (Å²) in [6.07, 6.45) is 10.6. The van der Waals surface area contributed by atoms with Crippen molar-refractivity contribution in [1.29, 1.82) is 0 Å². The van der Waals surface area contributed by atoms with Gasteiger partial charge in [-0.05, 0) is 60.3 Å². The molecule has 7 heteroatoms. The van der Waals surface area contributed by atoms with Crippen molar-refractivity contribution in [3.05, 3.63) is 78.1 Å². The summed E-state index contributed by atoms with van der Waals surface area (Å²) in [7, 11) is 1.55. The Morgan fingerprint density at radius 3 is 2.40 bits per heavy atom. The van der Waals surface area contributed by atoms with E-state index < -0.39 is 0 Å². The van der Waals surface area contributed by atoms with Crippen molar-refractivity contribution in [2.45, 2.75) is 45.2 Å². The highest BCUT2D eigenvalue weighted by Gasteiger charge is 2.21. The van der Waals surface area contributed by atoms with Gasteiger partial charge in [0.1, 0.15) is 18.8 Å². The molecular formula is C28H33FN4O2. The van der Waals surface area contributed by atoms with Gasteiger partial charge in [0, 0.05) is 50.4 Å². The first-order valence-electron chi connectivity index (χ1n) is 12.3. The van der Waals surface area contributed by atoms with Crippen molar-refractivity contribution < 1.29 is 13.9 Å². The topological polar surface area (TPSA) is 58.6 Å². The van der Waals surface area contributed by atoms with E-state index in [1.165, 1.54) is 18.5 Å². The van der Waals surface area contributed by atoms with Crippen LogP contribution in [0, 0.1) is 5.82 Å². The van der Waals surface area contributed by atoms with Gasteiger partial charge >= 0.3 is 0 Å². The lowest BCUT2D eigenvalue weighted by atomic mass is 10.0. The normalized spacial score (nSPS) is 15.7. The van der Waals surface area contributed by atoms with E-state index in [-0.39, 0.29) is 18.3 Å². The number of aromatic nitrogens is 2. The number of hydrogen-bond acceptors (Lipinski definition) is 5. The van der Waals surface area contributed by atoms with E-state index in [0.29, 0.717) is 19.6 Å². The molecule has 0 N–H and O–H groups in total. The molecule has 0 saturated heterocycles. The second kappa shape index (κ2) is 12.5. The van der Waals surface area contributed by atoms with Crippen LogP contribution in [0.3, 0.4) is 0 Å². The number of carbonyl (C=O) groups excluding carboxylic acids is 1. The second-order valence-electron chi connectivity index (χ2n) is 9.05. The van der Waals surface area contributed by atoms with Gasteiger partial charge in [0.15, 0.2) is 0 Å². The van der Waals surface area contributed by atoms with Gasteiger partial charge in [0.25, 0.3) is 5.91 Å². The number of ether oxygens (including phenoxy) is 1. The van der Waals surface area contributed by atoms with E-state index >= 15 is 0 Å². The molecule has 0 unspecified atom stereocenters. The average molecular weight is 477 g/mol. The zero-order valence-electron chi connectivity index (χ0n) is 20.3. The molecule has 0 saturated carbocycles. The van der Waals surface area contributed by atoms with Crippen LogP contribution in [0.1, 0.15) is 43.2 Å². The summed E-state index contributed by atoms with van der Waals surface area (Å²) in [4.78, 5) is 25.7. The molecule has 0 radical (unpaired) electrons. The molecule has 1 aliphatic rings. The lowest BCUT2D eigenvalue weighted by Gasteiger charge is -2.30. The molecule has 3 aromatic rings. The molecule has 184 valence electrons. The molecule has 1 aromatic heterocycles. The number of amides is 1. The number of methoxy groups -OCH3 is 1. The van der Waals surface area contributed by atoms with Crippen LogP contribution in [0.15, 0.2) is 61.2 Å². The van der Waals surface area contributed by atoms with Gasteiger partial charge in [-0.1, -0.05) is 37.5 Å². The number of carbonyl (C=O) groups is 1. The van der Waals surface area contributed by atoms with Gasteiger partial charge in [0.2, 0.25) is 0 Å². The van der Waals surface area contributed by atoms with E-state index in [4.69, 9.17) is 4.74 Å². The Morgan fingerprint density at radius 1 is 0.943 bits per heavy atom. The lowest BCUT2D eigenvalue weighted by molar-refractivity contribution is -0.122. The van der Waals surface area contributed by atoms with Gasteiger partial charge in [-0.2, -0.15) is 0 Å². The molecule has 4 rings (SSSR count). The summed E-state index contributed by atoms with van der Waals surface area (Å²) in [5, 5.41) is 0. The molecule has 2 heterocycles. The number of benzene rings is 2. The molecule has 35 heavy (non-hydrogen) atoms. The third-order valence-electron chi connectivity index (χ3n) is 6.40. The van der Waals surface area contributed by atoms with Crippen LogP contribution in [-0.2, 0) is 22.6 Å². The predicted molar refractivity (Wildman–Crippen MR) is 135 cm³/mol. The van der Waals surface area contributed by atoms with Gasteiger partial charge in [0.05, 0.1) is 0 Å². The Labute approximate surface area is 206 Å². The van der Waals surface area contributed by atoms with Crippen molar-refractivity contribution in [3.8, 4) is 11.1 Å². The largest absolute Gasteiger partial charge is 0.375 e. The molecule has 0 spiro atoms. The summed E-state index contributed by atoms with van der Waals surface area (Å²) in [6.45, 7) is 3.03. The first-order chi connectivity index (χ1) is 17.1. The highest BCUT2D eigenvalue weighted by molar-refractivity contribution is 5.95. The van der Waals surface area contributed by atoms with Crippen LogP contribution < -0.4 is 4.90 Å². The van der Waals surface area contributed by atoms with E-state index in [2.05, 4.69) is 20.9 Å². The van der Waals surface area contributed by atoms with Gasteiger partial charge in [-0.15, -0.1) is 0 Å². The van der Waals surface area contributed by atoms with Crippen molar-refractivity contribution in [1.82, 2.24) is 14.9 Å². The number of halogens is 1. The fraction of sp³-hybridized carbons (Fsp3) is 0.393. The maximum atomic E-state index is 13.5. The van der Waals surface area contributed by atoms with Crippen LogP contribution in [0.25, 0.3) is 11.1 Å². The molecule has 1 aliphatic heterocycles. The lowest BCUT2D eigenvalue weighted by Crippen LogP contribution is -2.36. The Morgan fingerprint density at radius 2 is 1.66 bits per heavy atom. The summed E-state index contributed by atoms with van der Waals surface area (Å²) < 4.78 is 18.7. The molecule has 0 fully saturated rings. The minimum absolute atomic E-state index is 0.0355. The quantitative estimate of drug-likeness (QED) is 0.505. The Kier molecular flexibility index (Phi) is 8.92. The SMILES string of the molecule is COCC(=O)N1CCCCCCCN(Cc2ccc(F)cc2)Cc2cc(-c3cncnc3)ccc21. The van der Waals surface area contributed by atoms with E-state index in [1.54, 1.807) is 19.5 Å². The van der Waals surface area contributed by atoms with Crippen LogP contribution in [0.5, 0.6) is 0 Å². The third-order valence-corrected chi connectivity index (χ3v) is 6.40. The first-order valence-corrected chi connectivity index (χ1v) is 12.3. The fourth-order valence-corrected chi connectivity index (χ4v) is 4.62. The molecule has 0 atom stereocenters. The fourth-order valence-electron chi connectivity index (χ4n) is 4.62. The Balaban J connectivity index is 1.72. The number of fused-ring (bicyclic) bond motifs is 1. The van der Waals surface area contributed by atoms with Crippen molar-refractivity contribution in [2.24, 2.45) is 0 Å². The maximum Gasteiger partial charge on any atom is 0.252 e. The standard InChI is InChI=1S/C28H33FN4O2/c1-35-20-28(34)33-14-6-4-2-3-5-13-32(18-22-7-10-26(29)11-8-22)19-24-15-23(9-12-27(24)33)25-16-30-21-31-17-25/h7-12,15-17,21H,2-6,13-14,18-20H2,1H3. The highest BCUT2D eigenvalue weighted by Crippen LogP contribution is 2.30. The van der Waals surface area contributed by atoms with E-state index in [1.807, 2.05) is 29.2 Å². The average Bonchev–Trinajstić information content (AvgIpc) is 2.87. The predicted octanol–water partition coefficient (Wildman–Crippen LogP) is 5.23. The monoisotopic (exact) mass is 476 g/mol. The minimum atomic E-state index is -0.227. The van der Waals surface area contributed by atoms with Crippen LogP contribution >= 0.6 is 0 Å². The van der Waals surface area contributed by atoms with Gasteiger partial charge < -0.3 is 9.64 Å². The molecule has 6 nitrogen and oxygen atoms in total. The van der Waals surface area contributed by atoms with Crippen molar-refractivity contribution in [3.63, 3.8) is 0 Å². The zero-order valence-corrected chi connectivity index (χ0v) is 20.3. The minimum Gasteiger partial charge on any atom is -0.375 e. The molecule has 2 aromatic carbocycles. The van der Waals surface area contributed by atoms with Gasteiger partial charge in [-0.3, -0.25) is 9.69 Å². The van der Waals surface area contributed by atoms with Crippen molar-refractivity contribution in [2.75, 3.05) is 31.7 Å². The first kappa shape index (κ1) is 24.9. The summed E-state index contributed by atoms with van der Waals surface area (Å²) in [6, 6.07) is 12.9. The van der Waals surface area contributed by atoms with Crippen LogP contribution in [-0.4, -0.2) is 47.6 Å². The molecular weight excluding hydrogens is 443 g/mol. The number of rotatable bonds is 5. The summed E-state index contributed by atoms with van der Waals surface area (Å²) >= 11 is 0. The van der Waals surface area contributed by atoms with Crippen LogP contribution in [0.4, 0.5) is 10.1 Å². The number of anilines is 1. The Hall–Kier alpha value is -3.16. The zero-order chi connectivity index (χ0) is 24.5. The molecule has 0 aliphatic carbocycles. The second-order valence-corrected chi connectivity index (χ2v) is 9.05. The van der Waals surface area contributed by atoms with Gasteiger partial charge in [-0.25, -0.2) is 14.4 Å².